The molecule has 0 radical (unpaired) electrons. The smallest absolute Gasteiger partial charge is 0.349 e. The third-order valence-corrected chi connectivity index (χ3v) is 25.6. The molecular weight excluding hydrogens is 1830 g/mol. The van der Waals surface area contributed by atoms with E-state index in [1.54, 1.807) is 18.4 Å². The molecule has 0 saturated carbocycles. The number of aliphatic hydroxyl groups is 16. The number of H-pyrrole nitrogens is 3. The number of carbonyl (C=O) groups is 3. The number of hydrogen-bond donors (Lipinski definition) is 26. The summed E-state index contributed by atoms with van der Waals surface area (Å²) in [6.07, 6.45) is -21.8. The summed E-state index contributed by atoms with van der Waals surface area (Å²) in [5, 5.41) is 189. The van der Waals surface area contributed by atoms with Crippen LogP contribution in [0.4, 0.5) is 33.9 Å². The van der Waals surface area contributed by atoms with E-state index in [4.69, 9.17) is 48.9 Å². The van der Waals surface area contributed by atoms with Crippen LogP contribution in [0.25, 0.3) is 22.2 Å². The Morgan fingerprint density at radius 3 is 1.64 bits per heavy atom. The minimum atomic E-state index is -1.31. The number of urea groups is 1. The summed E-state index contributed by atoms with van der Waals surface area (Å²) in [5.41, 5.74) is 2.95. The number of aromatic nitrogens is 18. The van der Waals surface area contributed by atoms with Gasteiger partial charge in [0.1, 0.15) is 205 Å². The predicted octanol–water partition coefficient (Wildman–Crippen LogP) is -16.9. The van der Waals surface area contributed by atoms with Gasteiger partial charge in [0.2, 0.25) is 5.91 Å². The maximum atomic E-state index is 12.1. The van der Waals surface area contributed by atoms with Gasteiger partial charge in [-0.15, -0.1) is 5.10 Å². The van der Waals surface area contributed by atoms with Crippen LogP contribution in [0.2, 0.25) is 0 Å². The molecular formula is C74H87N27O35. The molecule has 32 atom stereocenters. The van der Waals surface area contributed by atoms with Gasteiger partial charge >= 0.3 is 28.8 Å². The topological polar surface area (TPSA) is 880 Å². The largest absolute Gasteiger partial charge is 0.387 e. The number of pyridine rings is 1. The summed E-state index contributed by atoms with van der Waals surface area (Å²) in [7, 11) is 0. The van der Waals surface area contributed by atoms with E-state index in [0.717, 1.165) is 14.8 Å². The van der Waals surface area contributed by atoms with Crippen LogP contribution in [0.1, 0.15) is 53.2 Å². The average Bonchev–Trinajstić information content (AvgIpc) is 1.65. The van der Waals surface area contributed by atoms with Gasteiger partial charge in [-0.3, -0.25) is 71.5 Å². The van der Waals surface area contributed by atoms with E-state index in [0.29, 0.717) is 61.1 Å². The molecule has 26 rings (SSSR count). The molecule has 62 heteroatoms. The number of primary amides is 1. The Kier molecular flexibility index (Phi) is 24.2. The standard InChI is InChI=1S/C12H11N3O6.C10H10N4O4.C10H12N4O4.C9H12N4O4.C9H10N4O3.2C9H11N3O5.C6H10N2O4/c16-6-2-1-4-9(19)13-12(20)15-10(4)14(6)3-5-7(17)8(18)11(15)21-5;15-6-5-2-13-8-4(1-11-10(13)17)12-3-14(8)9(18-5)7(6)16;15-6-2-1-4-9-13(12-11-4)3-5-7(16)8(17)10(18-5)14(6)9;10-7(16)4-8-12-9-6(15)5(14)3(17-9)1-13(8)2-11-4;10-1-4-8-11-2-5-6(14)7(15)9(16-5)13(8)3-12-4;13-5-1-4-10-8-7(15)6(14)3(17-8)2-12(4)9(16)11-5;13-5-1-4-10-2-3-6(14)7(15)8(17-3)12(4)9(16)11-5;9-3-2-1-7-6(11)8-5(12-2)4(3)10/h1-2,5,7-8,11,17-18H,3H2,(H,13,19,20);1,3,5-7,9,15-16H,2H2;5,7-8,10,16-17H,1-3H2;2-3,5-6,9,12,14-15H,1H2,(H2,10,16);3,5-7,9,11,14-15H,2H2;2*1,3,6-8,10,14-15H,2H2,(H,11,13,16);2-5,9-10H,1H2,(H2,7,8,11)/t5?,7-,8?,11?;5?,6-,7?,9?;5?,7-,8?,10?;3?,5-,6?,9?;5?,6-,7?,9?;2*3?,6-,7?,8?;2?,3-,4?,5?/m11111111/s1. The number of imidazole rings is 3. The Labute approximate surface area is 752 Å². The number of aryl methyl sites for hydroxylation is 1. The van der Waals surface area contributed by atoms with Gasteiger partial charge in [-0.1, -0.05) is 5.21 Å². The summed E-state index contributed by atoms with van der Waals surface area (Å²) in [4.78, 5) is 151. The molecule has 24 unspecified atom stereocenters. The highest BCUT2D eigenvalue weighted by atomic mass is 16.6. The molecule has 0 aliphatic carbocycles. The maximum absolute atomic E-state index is 12.1. The molecule has 9 aromatic rings. The maximum Gasteiger partial charge on any atom is 0.349 e. The second-order valence-electron chi connectivity index (χ2n) is 33.9. The van der Waals surface area contributed by atoms with Crippen LogP contribution in [0, 0.1) is 11.3 Å². The second kappa shape index (κ2) is 35.7. The quantitative estimate of drug-likeness (QED) is 0.0726. The van der Waals surface area contributed by atoms with E-state index in [9.17, 15) is 134 Å². The number of fused-ring (bicyclic) bond motifs is 25. The van der Waals surface area contributed by atoms with Crippen molar-refractivity contribution in [3.05, 3.63) is 150 Å². The van der Waals surface area contributed by atoms with Crippen molar-refractivity contribution in [2.24, 2.45) is 5.73 Å². The van der Waals surface area contributed by atoms with Crippen molar-refractivity contribution in [1.82, 2.24) is 97.1 Å². The first-order valence-electron chi connectivity index (χ1n) is 42.2. The van der Waals surface area contributed by atoms with Gasteiger partial charge < -0.3 is 162 Å². The summed E-state index contributed by atoms with van der Waals surface area (Å²) >= 11 is 0. The van der Waals surface area contributed by atoms with Gasteiger partial charge in [-0.25, -0.2) is 52.7 Å². The number of carbonyl (C=O) groups excluding carboxylic acids is 3. The number of amides is 4. The fourth-order valence-electron chi connectivity index (χ4n) is 18.7. The molecule has 9 saturated heterocycles. The molecule has 0 spiro atoms. The lowest BCUT2D eigenvalue weighted by Crippen LogP contribution is -2.50. The van der Waals surface area contributed by atoms with Crippen LogP contribution in [0.3, 0.4) is 0 Å². The summed E-state index contributed by atoms with van der Waals surface area (Å²) < 4.78 is 55.7. The Hall–Kier alpha value is -12.9. The normalized spacial score (nSPS) is 35.6. The third-order valence-electron chi connectivity index (χ3n) is 25.6. The van der Waals surface area contributed by atoms with Gasteiger partial charge in [-0.05, 0) is 6.07 Å². The van der Waals surface area contributed by atoms with Crippen molar-refractivity contribution in [3.8, 4) is 6.07 Å². The first-order valence-corrected chi connectivity index (χ1v) is 42.2. The average molecular weight is 1910 g/mol. The lowest BCUT2D eigenvalue weighted by Gasteiger charge is -2.32. The predicted molar refractivity (Wildman–Crippen MR) is 438 cm³/mol. The Morgan fingerprint density at radius 1 is 0.449 bits per heavy atom. The number of anilines is 5. The zero-order valence-electron chi connectivity index (χ0n) is 69.8. The fraction of sp³-hybridized carbons (Fsp3) is 0.568. The SMILES string of the molecule is N#Cc1ncn2c1NCC1OC2C(O)[C@@H]1O.NC(=O)c1ncn2c1NC1OC(C2)[C@@H](O)C1O.O=C1CCc2nnn3c2N1C1OC(C3)[C@@H](O)C1O.O=C1NCC2OC(N1)C(O)[C@@H]2O.O=c1[nH]c(=O)n2c3c1ccc(=O)n3CC1OC2C(O)[C@@H]1O.O=c1cc2n(c(=O)[nH]1)C1OC(CN2)[C@@H](O)C1O.O=c1cc2n(c(=O)[nH]1)CC1OC(N2)C(O)[C@@H]1O.O=c1ncc2ncn3c2n1CC1OC3C(O)[C@@H]1O. The first kappa shape index (κ1) is 92.2. The Morgan fingerprint density at radius 2 is 0.956 bits per heavy atom. The molecule has 0 aromatic carbocycles. The van der Waals surface area contributed by atoms with E-state index >= 15 is 0 Å². The minimum absolute atomic E-state index is 0.0478. The molecule has 27 N–H and O–H groups in total. The molecule has 16 bridgehead atoms. The van der Waals surface area contributed by atoms with E-state index in [2.05, 4.69) is 77.1 Å². The molecule has 9 aromatic heterocycles. The molecule has 728 valence electrons. The number of aromatic amines is 3. The van der Waals surface area contributed by atoms with Crippen molar-refractivity contribution in [1.29, 1.82) is 5.26 Å². The number of nitriles is 1. The molecule has 136 heavy (non-hydrogen) atoms. The van der Waals surface area contributed by atoms with Crippen LogP contribution < -0.4 is 87.5 Å². The zero-order chi connectivity index (χ0) is 96.2. The minimum Gasteiger partial charge on any atom is -0.387 e. The van der Waals surface area contributed by atoms with Crippen molar-refractivity contribution < 1.29 is 134 Å². The molecule has 17 aliphatic rings. The van der Waals surface area contributed by atoms with Crippen molar-refractivity contribution in [2.45, 2.75) is 242 Å². The lowest BCUT2D eigenvalue weighted by atomic mass is 10.1. The Balaban J connectivity index is 0.0000001000. The molecule has 62 nitrogen and oxygen atoms in total. The summed E-state index contributed by atoms with van der Waals surface area (Å²) in [6, 6.07) is 6.54. The Bertz CT molecular complexity index is 6740. The van der Waals surface area contributed by atoms with Crippen LogP contribution in [0.5, 0.6) is 0 Å². The van der Waals surface area contributed by atoms with E-state index in [1.807, 2.05) is 6.07 Å². The number of rotatable bonds is 1. The molecule has 9 fully saturated rings. The van der Waals surface area contributed by atoms with Crippen LogP contribution >= 0.6 is 0 Å². The summed E-state index contributed by atoms with van der Waals surface area (Å²) in [6.45, 7) is 1.57. The zero-order valence-corrected chi connectivity index (χ0v) is 69.8. The number of hydrogen-bond acceptors (Lipinski definition) is 46. The number of nitrogens with one attached hydrogen (secondary N) is 9. The number of nitrogens with zero attached hydrogens (tertiary/aromatic N) is 17. The summed E-state index contributed by atoms with van der Waals surface area (Å²) in [5.74, 6) is 1.31. The van der Waals surface area contributed by atoms with E-state index < -0.39 is 247 Å². The van der Waals surface area contributed by atoms with Gasteiger partial charge in [-0.2, -0.15) is 10.2 Å². The number of ether oxygens (including phenoxy) is 8. The fourth-order valence-corrected chi connectivity index (χ4v) is 18.7. The van der Waals surface area contributed by atoms with Gasteiger partial charge in [0.25, 0.3) is 28.1 Å². The highest BCUT2D eigenvalue weighted by molar-refractivity contribution is 5.96. The van der Waals surface area contributed by atoms with Crippen molar-refractivity contribution >= 4 is 69.1 Å². The second-order valence-corrected chi connectivity index (χ2v) is 33.9. The molecule has 26 heterocycles. The monoisotopic (exact) mass is 1910 g/mol. The number of aliphatic hydroxyl groups excluding tert-OH is 16. The van der Waals surface area contributed by atoms with Crippen LogP contribution in [-0.2, 0) is 81.8 Å². The van der Waals surface area contributed by atoms with Gasteiger partial charge in [0.05, 0.1) is 57.0 Å². The van der Waals surface area contributed by atoms with Crippen molar-refractivity contribution in [3.63, 3.8) is 0 Å². The van der Waals surface area contributed by atoms with Crippen LogP contribution in [-0.4, -0.2) is 377 Å². The highest BCUT2D eigenvalue weighted by Crippen LogP contribution is 2.42. The van der Waals surface area contributed by atoms with E-state index in [-0.39, 0.29) is 78.7 Å². The third kappa shape index (κ3) is 15.9. The van der Waals surface area contributed by atoms with Gasteiger partial charge in [0.15, 0.2) is 67.0 Å². The van der Waals surface area contributed by atoms with Gasteiger partial charge in [0, 0.05) is 50.7 Å². The first-order chi connectivity index (χ1) is 64.9. The molecule has 17 aliphatic heterocycles. The van der Waals surface area contributed by atoms with Crippen LogP contribution in [0.15, 0.2) is 87.8 Å². The number of nitrogens with two attached hydrogens (primary N) is 1. The molecule has 4 amide bonds. The van der Waals surface area contributed by atoms with E-state index in [1.165, 1.54) is 68.0 Å². The van der Waals surface area contributed by atoms with Crippen molar-refractivity contribution in [2.75, 3.05) is 45.8 Å². The lowest BCUT2D eigenvalue weighted by molar-refractivity contribution is -0.122. The highest BCUT2D eigenvalue weighted by Gasteiger charge is 2.56.